The van der Waals surface area contributed by atoms with Crippen LogP contribution in [-0.2, 0) is 0 Å². The van der Waals surface area contributed by atoms with E-state index in [9.17, 15) is 0 Å². The van der Waals surface area contributed by atoms with Crippen molar-refractivity contribution >= 4 is 22.4 Å². The van der Waals surface area contributed by atoms with Gasteiger partial charge in [0, 0.05) is 23.0 Å². The fourth-order valence-electron chi connectivity index (χ4n) is 1.97. The van der Waals surface area contributed by atoms with Gasteiger partial charge in [-0.2, -0.15) is 5.26 Å². The predicted molar refractivity (Wildman–Crippen MR) is 72.0 cm³/mol. The topological polar surface area (TPSA) is 75.7 Å². The van der Waals surface area contributed by atoms with Gasteiger partial charge in [-0.25, -0.2) is 4.98 Å². The first kappa shape index (κ1) is 14.1. The van der Waals surface area contributed by atoms with Gasteiger partial charge in [0.1, 0.15) is 5.82 Å². The first-order valence-electron chi connectivity index (χ1n) is 5.80. The molecule has 92 valence electrons. The molecule has 0 saturated heterocycles. The number of fused-ring (bicyclic) bond motifs is 1. The van der Waals surface area contributed by atoms with Crippen LogP contribution in [0.15, 0.2) is 36.5 Å². The van der Waals surface area contributed by atoms with E-state index in [1.807, 2.05) is 25.1 Å². The van der Waals surface area contributed by atoms with Gasteiger partial charge in [0.05, 0.1) is 11.6 Å². The van der Waals surface area contributed by atoms with Crippen molar-refractivity contribution in [1.29, 1.82) is 5.26 Å². The van der Waals surface area contributed by atoms with Crippen LogP contribution in [-0.4, -0.2) is 10.1 Å². The second kappa shape index (κ2) is 5.79. The number of anilines is 2. The number of nitriles is 1. The van der Waals surface area contributed by atoms with Gasteiger partial charge in [0.2, 0.25) is 0 Å². The van der Waals surface area contributed by atoms with Gasteiger partial charge in [-0.15, -0.1) is 5.52 Å². The molecule has 3 aromatic rings. The smallest absolute Gasteiger partial charge is 0.575 e. The van der Waals surface area contributed by atoms with Gasteiger partial charge in [-0.1, -0.05) is 12.1 Å². The summed E-state index contributed by atoms with van der Waals surface area (Å²) < 4.78 is 0. The standard InChI is InChI=1S/C14H10N5.Li/c1-9-13-12(19-18-9)5-6-16-14(13)17-11-4-2-3-10(7-11)8-15;/h2-7H,1H3,(H-,16,17,18,19);/q-1;+1. The predicted octanol–water partition coefficient (Wildman–Crippen LogP) is -0.485. The second-order valence-corrected chi connectivity index (χ2v) is 4.16. The van der Waals surface area contributed by atoms with Crippen LogP contribution >= 0.6 is 0 Å². The van der Waals surface area contributed by atoms with Gasteiger partial charge in [-0.3, -0.25) is 0 Å². The third kappa shape index (κ3) is 2.53. The Morgan fingerprint density at radius 2 is 2.15 bits per heavy atom. The zero-order chi connectivity index (χ0) is 13.2. The van der Waals surface area contributed by atoms with Crippen molar-refractivity contribution in [3.05, 3.63) is 47.8 Å². The molecule has 0 fully saturated rings. The summed E-state index contributed by atoms with van der Waals surface area (Å²) in [6.07, 6.45) is 1.69. The van der Waals surface area contributed by atoms with Crippen molar-refractivity contribution in [3.8, 4) is 6.07 Å². The fourth-order valence-corrected chi connectivity index (χ4v) is 1.97. The molecule has 0 atom stereocenters. The summed E-state index contributed by atoms with van der Waals surface area (Å²) in [4.78, 5) is 4.32. The van der Waals surface area contributed by atoms with E-state index in [0.29, 0.717) is 11.4 Å². The summed E-state index contributed by atoms with van der Waals surface area (Å²) in [5.74, 6) is 0.704. The van der Waals surface area contributed by atoms with Crippen molar-refractivity contribution in [2.75, 3.05) is 5.32 Å². The van der Waals surface area contributed by atoms with Gasteiger partial charge >= 0.3 is 18.9 Å². The number of aryl methyl sites for hydroxylation is 1. The van der Waals surface area contributed by atoms with E-state index in [-0.39, 0.29) is 18.9 Å². The summed E-state index contributed by atoms with van der Waals surface area (Å²) in [6.45, 7) is 1.90. The summed E-state index contributed by atoms with van der Waals surface area (Å²) in [5.41, 5.74) is 3.07. The van der Waals surface area contributed by atoms with Gasteiger partial charge in [0.15, 0.2) is 0 Å². The normalized spacial score (nSPS) is 9.80. The average molecular weight is 255 g/mol. The Morgan fingerprint density at radius 3 is 2.95 bits per heavy atom. The van der Waals surface area contributed by atoms with Crippen molar-refractivity contribution < 1.29 is 18.9 Å². The average Bonchev–Trinajstić information content (AvgIpc) is 2.82. The van der Waals surface area contributed by atoms with E-state index in [1.165, 1.54) is 0 Å². The van der Waals surface area contributed by atoms with Crippen LogP contribution in [0.25, 0.3) is 10.9 Å². The number of rotatable bonds is 2. The van der Waals surface area contributed by atoms with E-state index in [0.717, 1.165) is 22.3 Å². The zero-order valence-electron chi connectivity index (χ0n) is 11.3. The Bertz CT molecular complexity index is 788. The number of nitrogens with one attached hydrogen (secondary N) is 1. The number of hydrogen-bond donors (Lipinski definition) is 1. The van der Waals surface area contributed by atoms with Crippen LogP contribution in [0.2, 0.25) is 0 Å². The number of aromatic nitrogens is 3. The summed E-state index contributed by atoms with van der Waals surface area (Å²) in [5, 5.41) is 21.1. The Kier molecular flexibility index (Phi) is 4.10. The van der Waals surface area contributed by atoms with Crippen molar-refractivity contribution in [3.63, 3.8) is 0 Å². The van der Waals surface area contributed by atoms with Crippen LogP contribution in [0.3, 0.4) is 0 Å². The third-order valence-electron chi connectivity index (χ3n) is 2.85. The molecule has 0 saturated carbocycles. The minimum absolute atomic E-state index is 0. The maximum Gasteiger partial charge on any atom is 1.00 e. The van der Waals surface area contributed by atoms with Crippen molar-refractivity contribution in [2.45, 2.75) is 6.92 Å². The monoisotopic (exact) mass is 255 g/mol. The number of benzene rings is 1. The van der Waals surface area contributed by atoms with Crippen LogP contribution < -0.4 is 29.3 Å². The molecule has 3 rings (SSSR count). The molecular formula is C14H10LiN5. The fraction of sp³-hybridized carbons (Fsp3) is 0.0714. The minimum Gasteiger partial charge on any atom is -0.575 e. The first-order valence-corrected chi connectivity index (χ1v) is 5.80. The van der Waals surface area contributed by atoms with E-state index in [1.54, 1.807) is 18.3 Å². The molecule has 0 unspecified atom stereocenters. The molecule has 0 bridgehead atoms. The molecule has 20 heavy (non-hydrogen) atoms. The largest absolute Gasteiger partial charge is 1.00 e. The summed E-state index contributed by atoms with van der Waals surface area (Å²) >= 11 is 0. The van der Waals surface area contributed by atoms with Gasteiger partial charge in [0.25, 0.3) is 0 Å². The Labute approximate surface area is 128 Å². The van der Waals surface area contributed by atoms with Crippen LogP contribution in [0.4, 0.5) is 11.5 Å². The number of hydrogen-bond acceptors (Lipinski definition) is 4. The van der Waals surface area contributed by atoms with Crippen molar-refractivity contribution in [2.24, 2.45) is 0 Å². The Morgan fingerprint density at radius 1 is 1.30 bits per heavy atom. The first-order chi connectivity index (χ1) is 9.28. The van der Waals surface area contributed by atoms with E-state index in [4.69, 9.17) is 5.26 Å². The van der Waals surface area contributed by atoms with Crippen molar-refractivity contribution in [1.82, 2.24) is 15.2 Å². The molecule has 0 aliphatic rings. The molecule has 0 radical (unpaired) electrons. The molecule has 0 aliphatic heterocycles. The second-order valence-electron chi connectivity index (χ2n) is 4.16. The quantitative estimate of drug-likeness (QED) is 0.626. The maximum atomic E-state index is 8.90. The maximum absolute atomic E-state index is 8.90. The summed E-state index contributed by atoms with van der Waals surface area (Å²) in [6, 6.07) is 11.2. The molecule has 2 aromatic heterocycles. The summed E-state index contributed by atoms with van der Waals surface area (Å²) in [7, 11) is 0. The van der Waals surface area contributed by atoms with Crippen LogP contribution in [0.1, 0.15) is 11.3 Å². The Hall–Kier alpha value is -2.27. The molecular weight excluding hydrogens is 245 g/mol. The van der Waals surface area contributed by atoms with E-state index in [2.05, 4.69) is 26.6 Å². The van der Waals surface area contributed by atoms with E-state index < -0.39 is 0 Å². The molecule has 0 spiro atoms. The molecule has 1 N–H and O–H groups in total. The molecule has 0 amide bonds. The zero-order valence-corrected chi connectivity index (χ0v) is 11.3. The van der Waals surface area contributed by atoms with Gasteiger partial charge in [-0.05, 0) is 25.1 Å². The van der Waals surface area contributed by atoms with Gasteiger partial charge < -0.3 is 15.5 Å². The number of pyridine rings is 1. The molecule has 1 aromatic carbocycles. The van der Waals surface area contributed by atoms with Crippen LogP contribution in [0.5, 0.6) is 0 Å². The molecule has 5 nitrogen and oxygen atoms in total. The molecule has 6 heteroatoms. The molecule has 2 heterocycles. The molecule has 0 aliphatic carbocycles. The van der Waals surface area contributed by atoms with Crippen LogP contribution in [0, 0.1) is 18.3 Å². The SMILES string of the molecule is Cc1n[n-]c2ccnc(Nc3cccc(C#N)c3)c12.[Li+]. The third-order valence-corrected chi connectivity index (χ3v) is 2.85. The minimum atomic E-state index is 0. The Balaban J connectivity index is 0.00000147. The number of nitrogens with zero attached hydrogens (tertiary/aromatic N) is 4. The van der Waals surface area contributed by atoms with E-state index >= 15 is 0 Å².